The van der Waals surface area contributed by atoms with Crippen molar-refractivity contribution in [3.63, 3.8) is 0 Å². The number of carbonyl (C=O) groups is 1. The van der Waals surface area contributed by atoms with Crippen LogP contribution in [0.2, 0.25) is 0 Å². The van der Waals surface area contributed by atoms with Crippen LogP contribution in [0, 0.1) is 0 Å². The molecule has 0 fully saturated rings. The first-order valence-corrected chi connectivity index (χ1v) is 12.2. The van der Waals surface area contributed by atoms with Gasteiger partial charge in [0.1, 0.15) is 0 Å². The Morgan fingerprint density at radius 2 is 1.25 bits per heavy atom. The molecule has 1 rings (SSSR count). The molecule has 24 heavy (non-hydrogen) atoms. The summed E-state index contributed by atoms with van der Waals surface area (Å²) in [4.78, 5) is 10.2. The van der Waals surface area contributed by atoms with E-state index in [2.05, 4.69) is 27.7 Å². The monoisotopic (exact) mass is 353 g/mol. The fourth-order valence-electron chi connectivity index (χ4n) is 2.87. The topological polar surface area (TPSA) is 37.3 Å². The van der Waals surface area contributed by atoms with Crippen molar-refractivity contribution >= 4 is 13.2 Å². The number of carboxylic acid groups (broad SMARTS) is 1. The quantitative estimate of drug-likeness (QED) is 0.444. The van der Waals surface area contributed by atoms with Gasteiger partial charge in [0, 0.05) is 0 Å². The molecule has 3 heteroatoms. The van der Waals surface area contributed by atoms with E-state index in [0.29, 0.717) is 5.56 Å². The van der Waals surface area contributed by atoms with Crippen LogP contribution in [0.1, 0.15) is 76.6 Å². The molecule has 1 N–H and O–H groups in total. The van der Waals surface area contributed by atoms with E-state index in [1.807, 2.05) is 0 Å². The molecule has 0 amide bonds. The third-order valence-electron chi connectivity index (χ3n) is 4.65. The molecule has 1 aromatic rings. The van der Waals surface area contributed by atoms with Gasteiger partial charge in [-0.05, 0) is 56.0 Å². The Bertz CT molecular complexity index is 395. The number of hydrogen-bond donors (Lipinski definition) is 1. The Labute approximate surface area is 150 Å². The molecule has 1 radical (unpaired) electrons. The second kappa shape index (κ2) is 14.5. The van der Waals surface area contributed by atoms with Gasteiger partial charge in [0.2, 0.25) is 0 Å². The maximum absolute atomic E-state index is 10.2. The first kappa shape index (κ1) is 23.1. The van der Waals surface area contributed by atoms with Crippen LogP contribution >= 0.6 is 7.26 Å². The van der Waals surface area contributed by atoms with E-state index in [9.17, 15) is 4.79 Å². The summed E-state index contributed by atoms with van der Waals surface area (Å²) in [5.74, 6) is -0.879. The fraction of sp³-hybridized carbons (Fsp3) is 0.667. The van der Waals surface area contributed by atoms with Crippen LogP contribution in [-0.4, -0.2) is 35.7 Å². The molecule has 0 spiro atoms. The number of aromatic carboxylic acids is 1. The predicted octanol–water partition coefficient (Wildman–Crippen LogP) is 6.81. The van der Waals surface area contributed by atoms with Crippen molar-refractivity contribution in [1.82, 2.24) is 0 Å². The average molecular weight is 354 g/mol. The van der Waals surface area contributed by atoms with E-state index in [4.69, 9.17) is 5.11 Å². The van der Waals surface area contributed by atoms with Crippen molar-refractivity contribution in [2.75, 3.05) is 24.6 Å². The lowest BCUT2D eigenvalue weighted by molar-refractivity contribution is 0.0697. The van der Waals surface area contributed by atoms with Crippen molar-refractivity contribution < 1.29 is 9.90 Å². The second-order valence-corrected chi connectivity index (χ2v) is 11.2. The molecule has 1 aromatic carbocycles. The summed E-state index contributed by atoms with van der Waals surface area (Å²) >= 11 is 0. The Kier molecular flexibility index (Phi) is 13.9. The van der Waals surface area contributed by atoms with Crippen LogP contribution in [-0.2, 0) is 0 Å². The molecule has 0 heterocycles. The number of hydrogen-bond acceptors (Lipinski definition) is 1. The molecule has 0 saturated heterocycles. The van der Waals surface area contributed by atoms with Crippen molar-refractivity contribution in [2.45, 2.75) is 66.2 Å². The Morgan fingerprint density at radius 1 is 0.833 bits per heavy atom. The van der Waals surface area contributed by atoms with E-state index >= 15 is 0 Å². The van der Waals surface area contributed by atoms with Gasteiger partial charge in [0.25, 0.3) is 0 Å². The summed E-state index contributed by atoms with van der Waals surface area (Å²) < 4.78 is 0. The van der Waals surface area contributed by atoms with Gasteiger partial charge < -0.3 is 5.11 Å². The van der Waals surface area contributed by atoms with E-state index in [1.165, 1.54) is 44.7 Å². The highest BCUT2D eigenvalue weighted by Gasteiger charge is 2.22. The summed E-state index contributed by atoms with van der Waals surface area (Å²) in [5, 5.41) is 8.38. The van der Waals surface area contributed by atoms with Crippen molar-refractivity contribution in [3.05, 3.63) is 35.9 Å². The molecule has 0 bridgehead atoms. The molecule has 0 aliphatic rings. The summed E-state index contributed by atoms with van der Waals surface area (Å²) in [7, 11) is -0.527. The molecule has 0 unspecified atom stereocenters. The predicted molar refractivity (Wildman–Crippen MR) is 110 cm³/mol. The summed E-state index contributed by atoms with van der Waals surface area (Å²) in [5.41, 5.74) is 0.331. The Balaban J connectivity index is 0.000000496. The fourth-order valence-corrected chi connectivity index (χ4v) is 7.45. The van der Waals surface area contributed by atoms with Crippen molar-refractivity contribution in [2.24, 2.45) is 0 Å². The molecule has 139 valence electrons. The largest absolute Gasteiger partial charge is 0.478 e. The lowest BCUT2D eigenvalue weighted by Gasteiger charge is -2.36. The summed E-state index contributed by atoms with van der Waals surface area (Å²) in [6.45, 7) is 9.46. The zero-order valence-electron chi connectivity index (χ0n) is 16.3. The van der Waals surface area contributed by atoms with Gasteiger partial charge >= 0.3 is 5.97 Å². The smallest absolute Gasteiger partial charge is 0.335 e. The molecule has 0 aliphatic carbocycles. The van der Waals surface area contributed by atoms with Gasteiger partial charge in [-0.3, -0.25) is 0 Å². The minimum Gasteiger partial charge on any atom is -0.478 e. The highest BCUT2D eigenvalue weighted by atomic mass is 31.2. The van der Waals surface area contributed by atoms with E-state index < -0.39 is 13.2 Å². The van der Waals surface area contributed by atoms with Gasteiger partial charge in [0.15, 0.2) is 0 Å². The molecular weight excluding hydrogens is 315 g/mol. The molecule has 0 atom stereocenters. The van der Waals surface area contributed by atoms with E-state index in [0.717, 1.165) is 0 Å². The zero-order valence-corrected chi connectivity index (χ0v) is 17.2. The number of benzene rings is 1. The summed E-state index contributed by atoms with van der Waals surface area (Å²) in [6, 6.07) is 8.30. The number of carboxylic acids is 1. The van der Waals surface area contributed by atoms with Crippen LogP contribution in [0.25, 0.3) is 0 Å². The summed E-state index contributed by atoms with van der Waals surface area (Å²) in [6.07, 6.45) is 14.9. The highest BCUT2D eigenvalue weighted by molar-refractivity contribution is 7.75. The van der Waals surface area contributed by atoms with Gasteiger partial charge in [-0.2, -0.15) is 0 Å². The molecule has 0 aliphatic heterocycles. The number of unbranched alkanes of at least 4 members (excludes halogenated alkanes) is 3. The Hall–Kier alpha value is -0.880. The van der Waals surface area contributed by atoms with Crippen LogP contribution in [0.4, 0.5) is 0 Å². The number of rotatable bonds is 11. The molecule has 0 aromatic heterocycles. The maximum atomic E-state index is 10.2. The first-order valence-electron chi connectivity index (χ1n) is 9.68. The normalized spacial score (nSPS) is 10.8. The maximum Gasteiger partial charge on any atom is 0.335 e. The third-order valence-corrected chi connectivity index (χ3v) is 9.79. The first-order chi connectivity index (χ1) is 11.5. The minimum absolute atomic E-state index is 0.331. The lowest BCUT2D eigenvalue weighted by atomic mass is 10.2. The van der Waals surface area contributed by atoms with Crippen molar-refractivity contribution in [3.8, 4) is 0 Å². The standard InChI is InChI=1S/C14H32P.C7H6O2/c1-5-9-12-15(8-4,13-10-6-2)14-11-7-3;8-7(9)6-4-2-1-3-5-6/h5-14H2,1-4H3;1-5H,(H,8,9). The van der Waals surface area contributed by atoms with E-state index in [-0.39, 0.29) is 0 Å². The third kappa shape index (κ3) is 10.1. The minimum atomic E-state index is -0.879. The van der Waals surface area contributed by atoms with Gasteiger partial charge in [-0.25, -0.2) is 4.79 Å². The zero-order chi connectivity index (χ0) is 18.3. The highest BCUT2D eigenvalue weighted by Crippen LogP contribution is 2.60. The van der Waals surface area contributed by atoms with Crippen LogP contribution in [0.5, 0.6) is 0 Å². The Morgan fingerprint density at radius 3 is 1.50 bits per heavy atom. The molecule has 0 saturated carbocycles. The molecular formula is C21H38O2P. The van der Waals surface area contributed by atoms with Gasteiger partial charge in [-0.1, -0.05) is 65.2 Å². The van der Waals surface area contributed by atoms with Crippen LogP contribution in [0.15, 0.2) is 30.3 Å². The molecule has 2 nitrogen and oxygen atoms in total. The SMILES string of the molecule is CCCC[P](CC)(CCCC)CCCC.O=C(O)c1ccccc1. The van der Waals surface area contributed by atoms with E-state index in [1.54, 1.807) is 48.8 Å². The van der Waals surface area contributed by atoms with Gasteiger partial charge in [-0.15, -0.1) is 7.26 Å². The van der Waals surface area contributed by atoms with Gasteiger partial charge in [0.05, 0.1) is 5.56 Å². The second-order valence-electron chi connectivity index (χ2n) is 6.56. The average Bonchev–Trinajstić information content (AvgIpc) is 2.63. The van der Waals surface area contributed by atoms with Crippen LogP contribution < -0.4 is 0 Å². The lowest BCUT2D eigenvalue weighted by Crippen LogP contribution is -2.11. The van der Waals surface area contributed by atoms with Crippen LogP contribution in [0.3, 0.4) is 0 Å². The van der Waals surface area contributed by atoms with Crippen molar-refractivity contribution in [1.29, 1.82) is 0 Å².